The Bertz CT molecular complexity index is 415. The van der Waals surface area contributed by atoms with Gasteiger partial charge in [-0.2, -0.15) is 0 Å². The van der Waals surface area contributed by atoms with E-state index in [2.05, 4.69) is 17.2 Å². The highest BCUT2D eigenvalue weighted by molar-refractivity contribution is 5.89. The van der Waals surface area contributed by atoms with E-state index in [1.807, 2.05) is 7.05 Å². The van der Waals surface area contributed by atoms with Crippen LogP contribution in [0.25, 0.3) is 0 Å². The molecule has 0 unspecified atom stereocenters. The van der Waals surface area contributed by atoms with Crippen LogP contribution in [0.2, 0.25) is 0 Å². The maximum absolute atomic E-state index is 12.0. The van der Waals surface area contributed by atoms with Crippen LogP contribution in [-0.2, 0) is 0 Å². The second kappa shape index (κ2) is 5.25. The first-order valence-electron chi connectivity index (χ1n) is 6.15. The number of anilines is 1. The predicted octanol–water partition coefficient (Wildman–Crippen LogP) is 2.35. The van der Waals surface area contributed by atoms with Crippen molar-refractivity contribution in [2.24, 2.45) is 5.92 Å². The molecular weight excluding hydrogens is 230 g/mol. The third-order valence-electron chi connectivity index (χ3n) is 3.43. The van der Waals surface area contributed by atoms with Gasteiger partial charge in [-0.15, -0.1) is 0 Å². The minimum absolute atomic E-state index is 0.0960. The first kappa shape index (κ1) is 12.7. The Morgan fingerprint density at radius 3 is 2.78 bits per heavy atom. The second-order valence-corrected chi connectivity index (χ2v) is 4.71. The SMILES string of the molecule is COc1ccc(NC(=O)N(C)[C@@H](C)C2CC2)cn1. The van der Waals surface area contributed by atoms with Crippen molar-refractivity contribution >= 4 is 11.7 Å². The van der Waals surface area contributed by atoms with Crippen LogP contribution in [0.5, 0.6) is 5.88 Å². The van der Waals surface area contributed by atoms with E-state index >= 15 is 0 Å². The van der Waals surface area contributed by atoms with Crippen molar-refractivity contribution in [2.45, 2.75) is 25.8 Å². The van der Waals surface area contributed by atoms with Gasteiger partial charge in [-0.05, 0) is 31.7 Å². The molecule has 1 aliphatic carbocycles. The largest absolute Gasteiger partial charge is 0.481 e. The van der Waals surface area contributed by atoms with E-state index in [4.69, 9.17) is 4.74 Å². The predicted molar refractivity (Wildman–Crippen MR) is 69.8 cm³/mol. The molecule has 0 radical (unpaired) electrons. The molecule has 98 valence electrons. The summed E-state index contributed by atoms with van der Waals surface area (Å²) in [6.07, 6.45) is 4.04. The van der Waals surface area contributed by atoms with Crippen LogP contribution in [0.3, 0.4) is 0 Å². The Kier molecular flexibility index (Phi) is 3.69. The molecule has 1 heterocycles. The topological polar surface area (TPSA) is 54.5 Å². The Morgan fingerprint density at radius 1 is 1.56 bits per heavy atom. The number of ether oxygens (including phenoxy) is 1. The molecule has 1 N–H and O–H groups in total. The summed E-state index contributed by atoms with van der Waals surface area (Å²) in [6.45, 7) is 2.09. The van der Waals surface area contributed by atoms with Gasteiger partial charge >= 0.3 is 6.03 Å². The molecule has 18 heavy (non-hydrogen) atoms. The normalized spacial score (nSPS) is 15.9. The molecule has 0 saturated heterocycles. The van der Waals surface area contributed by atoms with Gasteiger partial charge < -0.3 is 15.0 Å². The Balaban J connectivity index is 1.92. The molecular formula is C13H19N3O2. The van der Waals surface area contributed by atoms with Crippen LogP contribution >= 0.6 is 0 Å². The summed E-state index contributed by atoms with van der Waals surface area (Å²) < 4.78 is 4.97. The number of rotatable bonds is 4. The fraction of sp³-hybridized carbons (Fsp3) is 0.538. The number of nitrogens with zero attached hydrogens (tertiary/aromatic N) is 2. The fourth-order valence-corrected chi connectivity index (χ4v) is 1.87. The van der Waals surface area contributed by atoms with Crippen LogP contribution in [0, 0.1) is 5.92 Å². The van der Waals surface area contributed by atoms with E-state index in [-0.39, 0.29) is 12.1 Å². The van der Waals surface area contributed by atoms with Gasteiger partial charge in [0, 0.05) is 19.2 Å². The van der Waals surface area contributed by atoms with Crippen LogP contribution in [-0.4, -0.2) is 36.1 Å². The molecule has 5 nitrogen and oxygen atoms in total. The van der Waals surface area contributed by atoms with E-state index in [0.717, 1.165) is 0 Å². The van der Waals surface area contributed by atoms with E-state index in [0.29, 0.717) is 17.5 Å². The lowest BCUT2D eigenvalue weighted by Gasteiger charge is -2.25. The number of hydrogen-bond acceptors (Lipinski definition) is 3. The quantitative estimate of drug-likeness (QED) is 0.891. The minimum Gasteiger partial charge on any atom is -0.481 e. The summed E-state index contributed by atoms with van der Waals surface area (Å²) in [5.74, 6) is 1.20. The zero-order valence-electron chi connectivity index (χ0n) is 11.0. The van der Waals surface area contributed by atoms with Gasteiger partial charge in [-0.3, -0.25) is 0 Å². The van der Waals surface area contributed by atoms with Crippen LogP contribution in [0.15, 0.2) is 18.3 Å². The molecule has 0 bridgehead atoms. The molecule has 0 spiro atoms. The highest BCUT2D eigenvalue weighted by atomic mass is 16.5. The van der Waals surface area contributed by atoms with E-state index < -0.39 is 0 Å². The summed E-state index contributed by atoms with van der Waals surface area (Å²) >= 11 is 0. The number of amides is 2. The van der Waals surface area contributed by atoms with Gasteiger partial charge in [-0.25, -0.2) is 9.78 Å². The summed E-state index contributed by atoms with van der Waals surface area (Å²) in [5, 5.41) is 2.83. The molecule has 1 aromatic heterocycles. The number of hydrogen-bond donors (Lipinski definition) is 1. The molecule has 1 aromatic rings. The first-order chi connectivity index (χ1) is 8.61. The maximum Gasteiger partial charge on any atom is 0.321 e. The molecule has 2 amide bonds. The van der Waals surface area contributed by atoms with Gasteiger partial charge in [0.1, 0.15) is 0 Å². The molecule has 0 aliphatic heterocycles. The van der Waals surface area contributed by atoms with Gasteiger partial charge in [0.05, 0.1) is 19.0 Å². The van der Waals surface area contributed by atoms with E-state index in [1.165, 1.54) is 12.8 Å². The zero-order chi connectivity index (χ0) is 13.1. The van der Waals surface area contributed by atoms with Gasteiger partial charge in [0.25, 0.3) is 0 Å². The molecule has 2 rings (SSSR count). The van der Waals surface area contributed by atoms with Crippen molar-refractivity contribution in [1.29, 1.82) is 0 Å². The number of methoxy groups -OCH3 is 1. The summed E-state index contributed by atoms with van der Waals surface area (Å²) in [5.41, 5.74) is 0.677. The summed E-state index contributed by atoms with van der Waals surface area (Å²) in [7, 11) is 3.39. The van der Waals surface area contributed by atoms with E-state index in [9.17, 15) is 4.79 Å². The van der Waals surface area contributed by atoms with Gasteiger partial charge in [-0.1, -0.05) is 0 Å². The molecule has 1 atom stereocenters. The number of carbonyl (C=O) groups is 1. The lowest BCUT2D eigenvalue weighted by molar-refractivity contribution is 0.201. The number of aromatic nitrogens is 1. The van der Waals surface area contributed by atoms with Crippen molar-refractivity contribution in [2.75, 3.05) is 19.5 Å². The van der Waals surface area contributed by atoms with Gasteiger partial charge in [0.15, 0.2) is 0 Å². The highest BCUT2D eigenvalue weighted by Gasteiger charge is 2.32. The Hall–Kier alpha value is -1.78. The third kappa shape index (κ3) is 2.91. The van der Waals surface area contributed by atoms with Crippen LogP contribution in [0.4, 0.5) is 10.5 Å². The minimum atomic E-state index is -0.0960. The molecule has 1 fully saturated rings. The van der Waals surface area contributed by atoms with E-state index in [1.54, 1.807) is 30.3 Å². The number of nitrogens with one attached hydrogen (secondary N) is 1. The van der Waals surface area contributed by atoms with Gasteiger partial charge in [0.2, 0.25) is 5.88 Å². The zero-order valence-corrected chi connectivity index (χ0v) is 11.0. The summed E-state index contributed by atoms with van der Waals surface area (Å²) in [6, 6.07) is 3.69. The molecule has 0 aromatic carbocycles. The fourth-order valence-electron chi connectivity index (χ4n) is 1.87. The third-order valence-corrected chi connectivity index (χ3v) is 3.43. The average Bonchev–Trinajstić information content (AvgIpc) is 3.22. The monoisotopic (exact) mass is 249 g/mol. The first-order valence-corrected chi connectivity index (χ1v) is 6.15. The van der Waals surface area contributed by atoms with Crippen molar-refractivity contribution in [3.05, 3.63) is 18.3 Å². The Morgan fingerprint density at radius 2 is 2.28 bits per heavy atom. The van der Waals surface area contributed by atoms with Crippen molar-refractivity contribution in [3.63, 3.8) is 0 Å². The van der Waals surface area contributed by atoms with Crippen molar-refractivity contribution in [1.82, 2.24) is 9.88 Å². The standard InChI is InChI=1S/C13H19N3O2/c1-9(10-4-5-10)16(2)13(17)15-11-6-7-12(18-3)14-8-11/h6-10H,4-5H2,1-3H3,(H,15,17)/t9-/m0/s1. The lowest BCUT2D eigenvalue weighted by Crippen LogP contribution is -2.39. The number of pyridine rings is 1. The highest BCUT2D eigenvalue weighted by Crippen LogP contribution is 2.34. The molecule has 5 heteroatoms. The molecule has 1 aliphatic rings. The Labute approximate surface area is 107 Å². The smallest absolute Gasteiger partial charge is 0.321 e. The molecule has 1 saturated carbocycles. The lowest BCUT2D eigenvalue weighted by atomic mass is 10.2. The van der Waals surface area contributed by atoms with Crippen LogP contribution < -0.4 is 10.1 Å². The second-order valence-electron chi connectivity index (χ2n) is 4.71. The van der Waals surface area contributed by atoms with Crippen LogP contribution in [0.1, 0.15) is 19.8 Å². The number of urea groups is 1. The average molecular weight is 249 g/mol. The number of carbonyl (C=O) groups excluding carboxylic acids is 1. The van der Waals surface area contributed by atoms with Crippen molar-refractivity contribution < 1.29 is 9.53 Å². The van der Waals surface area contributed by atoms with Crippen molar-refractivity contribution in [3.8, 4) is 5.88 Å². The maximum atomic E-state index is 12.0. The summed E-state index contributed by atoms with van der Waals surface area (Å²) in [4.78, 5) is 17.8.